The topological polar surface area (TPSA) is 77.5 Å². The standard InChI is InChI=1S/C31H33NO6/c1-21-24(16-32-17-28(18-32)38-31(33)34)9-8-23-14-26(12-13-29(21)23)37-20-25-10-11-27(15-30(25)35-2)36-19-22-6-4-3-5-7-22/h3-7,10-15,28H,8-9,16-20H2,1-2H3,(H,33,34). The van der Waals surface area contributed by atoms with E-state index < -0.39 is 6.16 Å². The number of rotatable bonds is 10. The van der Waals surface area contributed by atoms with Gasteiger partial charge in [-0.1, -0.05) is 42.0 Å². The molecular weight excluding hydrogens is 482 g/mol. The highest BCUT2D eigenvalue weighted by Gasteiger charge is 2.31. The molecule has 3 aromatic rings. The summed E-state index contributed by atoms with van der Waals surface area (Å²) in [4.78, 5) is 12.9. The van der Waals surface area contributed by atoms with Crippen molar-refractivity contribution in [3.8, 4) is 17.2 Å². The minimum absolute atomic E-state index is 0.208. The van der Waals surface area contributed by atoms with Crippen molar-refractivity contribution >= 4 is 11.7 Å². The van der Waals surface area contributed by atoms with Crippen LogP contribution in [0.3, 0.4) is 0 Å². The van der Waals surface area contributed by atoms with E-state index >= 15 is 0 Å². The van der Waals surface area contributed by atoms with Crippen LogP contribution >= 0.6 is 0 Å². The monoisotopic (exact) mass is 515 g/mol. The first-order chi connectivity index (χ1) is 18.5. The van der Waals surface area contributed by atoms with E-state index in [2.05, 4.69) is 24.0 Å². The van der Waals surface area contributed by atoms with E-state index in [1.54, 1.807) is 7.11 Å². The summed E-state index contributed by atoms with van der Waals surface area (Å²) < 4.78 is 22.5. The third kappa shape index (κ3) is 6.11. The van der Waals surface area contributed by atoms with Crippen LogP contribution in [0.5, 0.6) is 17.2 Å². The summed E-state index contributed by atoms with van der Waals surface area (Å²) in [6.45, 7) is 5.25. The van der Waals surface area contributed by atoms with Crippen LogP contribution in [0, 0.1) is 0 Å². The lowest BCUT2D eigenvalue weighted by Gasteiger charge is -2.39. The quantitative estimate of drug-likeness (QED) is 0.334. The molecule has 0 aromatic heterocycles. The van der Waals surface area contributed by atoms with Crippen LogP contribution in [0.25, 0.3) is 5.57 Å². The Morgan fingerprint density at radius 1 is 0.947 bits per heavy atom. The predicted molar refractivity (Wildman–Crippen MR) is 145 cm³/mol. The van der Waals surface area contributed by atoms with Gasteiger partial charge < -0.3 is 24.1 Å². The van der Waals surface area contributed by atoms with Gasteiger partial charge in [-0.25, -0.2) is 4.79 Å². The molecular formula is C31H33NO6. The number of aryl methyl sites for hydroxylation is 1. The zero-order valence-corrected chi connectivity index (χ0v) is 21.8. The van der Waals surface area contributed by atoms with Gasteiger partial charge in [-0.2, -0.15) is 0 Å². The summed E-state index contributed by atoms with van der Waals surface area (Å²) in [6.07, 6.45) is 0.541. The number of fused-ring (bicyclic) bond motifs is 1. The van der Waals surface area contributed by atoms with Crippen molar-refractivity contribution < 1.29 is 28.8 Å². The normalized spacial score (nSPS) is 15.4. The Labute approximate surface area is 223 Å². The minimum atomic E-state index is -1.20. The molecule has 0 bridgehead atoms. The van der Waals surface area contributed by atoms with Crippen LogP contribution in [0.4, 0.5) is 4.79 Å². The molecule has 3 aromatic carbocycles. The number of allylic oxidation sites excluding steroid dienone is 1. The van der Waals surface area contributed by atoms with Crippen LogP contribution in [0.1, 0.15) is 35.6 Å². The summed E-state index contributed by atoms with van der Waals surface area (Å²) >= 11 is 0. The second kappa shape index (κ2) is 11.6. The van der Waals surface area contributed by atoms with Crippen LogP contribution in [-0.4, -0.2) is 49.0 Å². The summed E-state index contributed by atoms with van der Waals surface area (Å²) in [6, 6.07) is 22.2. The summed E-state index contributed by atoms with van der Waals surface area (Å²) in [5, 5.41) is 8.75. The molecule has 1 fully saturated rings. The van der Waals surface area contributed by atoms with E-state index in [1.165, 1.54) is 22.3 Å². The lowest BCUT2D eigenvalue weighted by atomic mass is 9.85. The Balaban J connectivity index is 1.18. The van der Waals surface area contributed by atoms with Crippen LogP contribution < -0.4 is 14.2 Å². The maximum atomic E-state index is 10.7. The van der Waals surface area contributed by atoms with Crippen molar-refractivity contribution in [2.24, 2.45) is 0 Å². The lowest BCUT2D eigenvalue weighted by molar-refractivity contribution is -0.0292. The van der Waals surface area contributed by atoms with Crippen molar-refractivity contribution in [3.63, 3.8) is 0 Å². The first kappa shape index (κ1) is 25.7. The van der Waals surface area contributed by atoms with Gasteiger partial charge in [0.15, 0.2) is 0 Å². The molecule has 38 heavy (non-hydrogen) atoms. The molecule has 0 unspecified atom stereocenters. The largest absolute Gasteiger partial charge is 0.506 e. The smallest absolute Gasteiger partial charge is 0.496 e. The number of carbonyl (C=O) groups is 1. The lowest BCUT2D eigenvalue weighted by Crippen LogP contribution is -2.53. The number of hydrogen-bond acceptors (Lipinski definition) is 6. The molecule has 0 spiro atoms. The molecule has 0 atom stereocenters. The van der Waals surface area contributed by atoms with Gasteiger partial charge in [-0.15, -0.1) is 0 Å². The number of nitrogens with zero attached hydrogens (tertiary/aromatic N) is 1. The second-order valence-corrected chi connectivity index (χ2v) is 9.78. The van der Waals surface area contributed by atoms with Crippen molar-refractivity contribution in [1.29, 1.82) is 0 Å². The van der Waals surface area contributed by atoms with E-state index in [-0.39, 0.29) is 6.10 Å². The second-order valence-electron chi connectivity index (χ2n) is 9.78. The molecule has 7 nitrogen and oxygen atoms in total. The summed E-state index contributed by atoms with van der Waals surface area (Å²) in [5.41, 5.74) is 7.32. The van der Waals surface area contributed by atoms with E-state index in [1.807, 2.05) is 54.6 Å². The Morgan fingerprint density at radius 3 is 2.45 bits per heavy atom. The number of carboxylic acid groups (broad SMARTS) is 1. The average Bonchev–Trinajstić information content (AvgIpc) is 2.91. The zero-order chi connectivity index (χ0) is 26.5. The fourth-order valence-electron chi connectivity index (χ4n) is 5.07. The van der Waals surface area contributed by atoms with Crippen molar-refractivity contribution in [3.05, 3.63) is 94.6 Å². The Kier molecular flexibility index (Phi) is 7.84. The molecule has 1 N–H and O–H groups in total. The van der Waals surface area contributed by atoms with Crippen molar-refractivity contribution in [2.75, 3.05) is 26.7 Å². The average molecular weight is 516 g/mol. The predicted octanol–water partition coefficient (Wildman–Crippen LogP) is 5.95. The number of hydrogen-bond donors (Lipinski definition) is 1. The zero-order valence-electron chi connectivity index (χ0n) is 21.8. The number of ether oxygens (including phenoxy) is 4. The highest BCUT2D eigenvalue weighted by molar-refractivity contribution is 5.72. The fourth-order valence-corrected chi connectivity index (χ4v) is 5.07. The number of benzene rings is 3. The van der Waals surface area contributed by atoms with Gasteiger partial charge in [-0.3, -0.25) is 4.90 Å². The molecule has 5 rings (SSSR count). The first-order valence-corrected chi connectivity index (χ1v) is 12.9. The van der Waals surface area contributed by atoms with Gasteiger partial charge in [-0.05, 0) is 66.3 Å². The third-order valence-electron chi connectivity index (χ3n) is 7.21. The van der Waals surface area contributed by atoms with Crippen molar-refractivity contribution in [1.82, 2.24) is 4.90 Å². The van der Waals surface area contributed by atoms with E-state index in [9.17, 15) is 4.79 Å². The molecule has 198 valence electrons. The Bertz CT molecular complexity index is 1310. The van der Waals surface area contributed by atoms with Gasteiger partial charge in [0.1, 0.15) is 36.6 Å². The maximum Gasteiger partial charge on any atom is 0.506 e. The third-order valence-corrected chi connectivity index (χ3v) is 7.21. The Hall–Kier alpha value is -3.97. The van der Waals surface area contributed by atoms with Gasteiger partial charge in [0.05, 0.1) is 7.11 Å². The number of likely N-dealkylation sites (tertiary alicyclic amines) is 1. The first-order valence-electron chi connectivity index (χ1n) is 12.9. The fraction of sp³-hybridized carbons (Fsp3) is 0.323. The minimum Gasteiger partial charge on any atom is -0.496 e. The van der Waals surface area contributed by atoms with Crippen LogP contribution in [-0.2, 0) is 24.4 Å². The van der Waals surface area contributed by atoms with Gasteiger partial charge in [0, 0.05) is 31.3 Å². The molecule has 2 aliphatic rings. The Morgan fingerprint density at radius 2 is 1.68 bits per heavy atom. The molecule has 1 saturated heterocycles. The number of methoxy groups -OCH3 is 1. The van der Waals surface area contributed by atoms with Gasteiger partial charge in [0.25, 0.3) is 0 Å². The highest BCUT2D eigenvalue weighted by atomic mass is 16.7. The summed E-state index contributed by atoms with van der Waals surface area (Å²) in [7, 11) is 1.66. The van der Waals surface area contributed by atoms with Gasteiger partial charge >= 0.3 is 6.16 Å². The molecule has 1 aliphatic heterocycles. The summed E-state index contributed by atoms with van der Waals surface area (Å²) in [5.74, 6) is 2.33. The van der Waals surface area contributed by atoms with Gasteiger partial charge in [0.2, 0.25) is 0 Å². The maximum absolute atomic E-state index is 10.7. The van der Waals surface area contributed by atoms with E-state index in [0.29, 0.717) is 26.3 Å². The van der Waals surface area contributed by atoms with E-state index in [4.69, 9.17) is 24.1 Å². The van der Waals surface area contributed by atoms with Crippen LogP contribution in [0.15, 0.2) is 72.3 Å². The molecule has 7 heteroatoms. The van der Waals surface area contributed by atoms with Crippen LogP contribution in [0.2, 0.25) is 0 Å². The highest BCUT2D eigenvalue weighted by Crippen LogP contribution is 2.35. The SMILES string of the molecule is COc1cc(OCc2ccccc2)ccc1COc1ccc2c(c1)CCC(CN1CC(OC(=O)O)C1)=C2C. The molecule has 0 amide bonds. The van der Waals surface area contributed by atoms with Crippen molar-refractivity contribution in [2.45, 2.75) is 39.1 Å². The molecule has 0 saturated carbocycles. The molecule has 1 heterocycles. The van der Waals surface area contributed by atoms with E-state index in [0.717, 1.165) is 47.8 Å². The molecule has 0 radical (unpaired) electrons. The molecule has 1 aliphatic carbocycles.